The number of carbonyl (C=O) groups is 1. The van der Waals surface area contributed by atoms with Crippen molar-refractivity contribution in [1.29, 1.82) is 0 Å². The minimum atomic E-state index is -0.249. The summed E-state index contributed by atoms with van der Waals surface area (Å²) < 4.78 is 6.09. The third kappa shape index (κ3) is 4.59. The highest BCUT2D eigenvalue weighted by atomic mass is 35.5. The van der Waals surface area contributed by atoms with Gasteiger partial charge in [-0.1, -0.05) is 26.2 Å². The standard InChI is InChI=1S/C17H30N2O2.ClH/c1-2-16(21-15-6-4-3-5-7-15)17(20)19-14-10-12-8-9-13(11-14)18-12;/h12-16,18H,2-11H2,1H3,(H,19,20);1H. The number of fused-ring (bicyclic) bond motifs is 2. The van der Waals surface area contributed by atoms with Crippen LogP contribution in [0.25, 0.3) is 0 Å². The van der Waals surface area contributed by atoms with Gasteiger partial charge in [-0.3, -0.25) is 4.79 Å². The zero-order valence-electron chi connectivity index (χ0n) is 13.7. The van der Waals surface area contributed by atoms with Crippen molar-refractivity contribution in [2.45, 2.75) is 101 Å². The normalized spacial score (nSPS) is 33.0. The molecule has 1 saturated carbocycles. The van der Waals surface area contributed by atoms with Gasteiger partial charge in [0.2, 0.25) is 5.91 Å². The first-order valence-corrected chi connectivity index (χ1v) is 8.96. The van der Waals surface area contributed by atoms with Gasteiger partial charge in [-0.2, -0.15) is 0 Å². The number of amides is 1. The fraction of sp³-hybridized carbons (Fsp3) is 0.941. The molecule has 22 heavy (non-hydrogen) atoms. The van der Waals surface area contributed by atoms with Crippen LogP contribution in [0.5, 0.6) is 0 Å². The first-order chi connectivity index (χ1) is 10.2. The monoisotopic (exact) mass is 330 g/mol. The number of hydrogen-bond acceptors (Lipinski definition) is 3. The average Bonchev–Trinajstić information content (AvgIpc) is 2.84. The molecule has 2 aliphatic heterocycles. The van der Waals surface area contributed by atoms with Crippen molar-refractivity contribution < 1.29 is 9.53 Å². The highest BCUT2D eigenvalue weighted by molar-refractivity contribution is 5.85. The van der Waals surface area contributed by atoms with Gasteiger partial charge in [0.1, 0.15) is 6.10 Å². The van der Waals surface area contributed by atoms with Crippen molar-refractivity contribution in [3.05, 3.63) is 0 Å². The molecule has 3 rings (SSSR count). The first kappa shape index (κ1) is 18.0. The van der Waals surface area contributed by atoms with Crippen LogP contribution in [0.1, 0.15) is 71.1 Å². The van der Waals surface area contributed by atoms with Crippen molar-refractivity contribution >= 4 is 18.3 Å². The highest BCUT2D eigenvalue weighted by Crippen LogP contribution is 2.27. The SMILES string of the molecule is CCC(OC1CCCCC1)C(=O)NC1CC2CCC(C1)N2.Cl. The van der Waals surface area contributed by atoms with Crippen molar-refractivity contribution in [1.82, 2.24) is 10.6 Å². The molecule has 0 aromatic heterocycles. The predicted molar refractivity (Wildman–Crippen MR) is 90.4 cm³/mol. The third-order valence-corrected chi connectivity index (χ3v) is 5.39. The lowest BCUT2D eigenvalue weighted by Crippen LogP contribution is -2.50. The Morgan fingerprint density at radius 1 is 1.14 bits per heavy atom. The van der Waals surface area contributed by atoms with Crippen LogP contribution < -0.4 is 10.6 Å². The number of hydrogen-bond donors (Lipinski definition) is 2. The minimum absolute atomic E-state index is 0. The highest BCUT2D eigenvalue weighted by Gasteiger charge is 2.35. The van der Waals surface area contributed by atoms with E-state index in [0.717, 1.165) is 32.1 Å². The topological polar surface area (TPSA) is 50.4 Å². The molecule has 0 aromatic carbocycles. The summed E-state index contributed by atoms with van der Waals surface area (Å²) in [6, 6.07) is 1.59. The van der Waals surface area contributed by atoms with Crippen LogP contribution >= 0.6 is 12.4 Å². The Morgan fingerprint density at radius 2 is 1.77 bits per heavy atom. The number of halogens is 1. The largest absolute Gasteiger partial charge is 0.365 e. The van der Waals surface area contributed by atoms with E-state index in [-0.39, 0.29) is 24.4 Å². The number of carbonyl (C=O) groups excluding carboxylic acids is 1. The fourth-order valence-electron chi connectivity index (χ4n) is 4.25. The van der Waals surface area contributed by atoms with Gasteiger partial charge in [-0.05, 0) is 44.9 Å². The molecule has 5 heteroatoms. The molecule has 0 spiro atoms. The second kappa shape index (κ2) is 8.51. The molecule has 2 heterocycles. The molecule has 0 aromatic rings. The molecular formula is C17H31ClN2O2. The summed E-state index contributed by atoms with van der Waals surface area (Å²) in [5, 5.41) is 6.88. The van der Waals surface area contributed by atoms with E-state index >= 15 is 0 Å². The Bertz CT molecular complexity index is 349. The van der Waals surface area contributed by atoms with Crippen LogP contribution in [0.15, 0.2) is 0 Å². The molecule has 2 bridgehead atoms. The Balaban J connectivity index is 0.00000176. The Kier molecular flexibility index (Phi) is 6.97. The average molecular weight is 331 g/mol. The molecule has 2 saturated heterocycles. The van der Waals surface area contributed by atoms with Crippen molar-refractivity contribution in [3.63, 3.8) is 0 Å². The molecule has 1 aliphatic carbocycles. The summed E-state index contributed by atoms with van der Waals surface area (Å²) in [6.45, 7) is 2.05. The lowest BCUT2D eigenvalue weighted by molar-refractivity contribution is -0.139. The lowest BCUT2D eigenvalue weighted by Gasteiger charge is -2.32. The summed E-state index contributed by atoms with van der Waals surface area (Å²) in [5.41, 5.74) is 0. The maximum atomic E-state index is 12.5. The molecular weight excluding hydrogens is 300 g/mol. The predicted octanol–water partition coefficient (Wildman–Crippen LogP) is 2.94. The van der Waals surface area contributed by atoms with E-state index in [1.165, 1.54) is 32.1 Å². The molecule has 3 unspecified atom stereocenters. The summed E-state index contributed by atoms with van der Waals surface area (Å²) in [4.78, 5) is 12.5. The van der Waals surface area contributed by atoms with Gasteiger partial charge in [0, 0.05) is 18.1 Å². The van der Waals surface area contributed by atoms with E-state index < -0.39 is 0 Å². The number of ether oxygens (including phenoxy) is 1. The second-order valence-electron chi connectivity index (χ2n) is 7.11. The van der Waals surface area contributed by atoms with Gasteiger partial charge in [0.25, 0.3) is 0 Å². The Morgan fingerprint density at radius 3 is 2.36 bits per heavy atom. The summed E-state index contributed by atoms with van der Waals surface area (Å²) >= 11 is 0. The van der Waals surface area contributed by atoms with Crippen molar-refractivity contribution in [2.24, 2.45) is 0 Å². The molecule has 4 nitrogen and oxygen atoms in total. The van der Waals surface area contributed by atoms with E-state index in [1.54, 1.807) is 0 Å². The Labute approximate surface area is 140 Å². The summed E-state index contributed by atoms with van der Waals surface area (Å²) in [7, 11) is 0. The summed E-state index contributed by atoms with van der Waals surface area (Å²) in [5.74, 6) is 0.120. The van der Waals surface area contributed by atoms with Crippen LogP contribution in [-0.2, 0) is 9.53 Å². The molecule has 0 radical (unpaired) electrons. The van der Waals surface area contributed by atoms with Gasteiger partial charge in [-0.25, -0.2) is 0 Å². The minimum Gasteiger partial charge on any atom is -0.365 e. The third-order valence-electron chi connectivity index (χ3n) is 5.39. The quantitative estimate of drug-likeness (QED) is 0.815. The number of rotatable bonds is 5. The zero-order chi connectivity index (χ0) is 14.7. The van der Waals surface area contributed by atoms with Crippen LogP contribution in [0, 0.1) is 0 Å². The van der Waals surface area contributed by atoms with E-state index in [9.17, 15) is 4.79 Å². The first-order valence-electron chi connectivity index (χ1n) is 8.96. The number of nitrogens with one attached hydrogen (secondary N) is 2. The molecule has 1 amide bonds. The van der Waals surface area contributed by atoms with Gasteiger partial charge in [0.15, 0.2) is 0 Å². The molecule has 3 fully saturated rings. The number of piperidine rings is 1. The molecule has 128 valence electrons. The second-order valence-corrected chi connectivity index (χ2v) is 7.11. The Hall–Kier alpha value is -0.320. The molecule has 3 aliphatic rings. The van der Waals surface area contributed by atoms with Crippen molar-refractivity contribution in [2.75, 3.05) is 0 Å². The molecule has 3 atom stereocenters. The van der Waals surface area contributed by atoms with Crippen LogP contribution in [0.2, 0.25) is 0 Å². The van der Waals surface area contributed by atoms with E-state index in [2.05, 4.69) is 17.6 Å². The zero-order valence-corrected chi connectivity index (χ0v) is 14.5. The smallest absolute Gasteiger partial charge is 0.249 e. The van der Waals surface area contributed by atoms with Crippen LogP contribution in [0.3, 0.4) is 0 Å². The maximum Gasteiger partial charge on any atom is 0.249 e. The lowest BCUT2D eigenvalue weighted by atomic mass is 9.97. The van der Waals surface area contributed by atoms with Gasteiger partial charge < -0.3 is 15.4 Å². The van der Waals surface area contributed by atoms with Crippen molar-refractivity contribution in [3.8, 4) is 0 Å². The van der Waals surface area contributed by atoms with E-state index in [4.69, 9.17) is 4.74 Å². The van der Waals surface area contributed by atoms with E-state index in [1.807, 2.05) is 0 Å². The van der Waals surface area contributed by atoms with Crippen LogP contribution in [-0.4, -0.2) is 36.2 Å². The van der Waals surface area contributed by atoms with Crippen LogP contribution in [0.4, 0.5) is 0 Å². The van der Waals surface area contributed by atoms with Gasteiger partial charge in [-0.15, -0.1) is 12.4 Å². The maximum absolute atomic E-state index is 12.5. The fourth-order valence-corrected chi connectivity index (χ4v) is 4.25. The van der Waals surface area contributed by atoms with Gasteiger partial charge >= 0.3 is 0 Å². The van der Waals surface area contributed by atoms with Gasteiger partial charge in [0.05, 0.1) is 6.10 Å². The van der Waals surface area contributed by atoms with E-state index in [0.29, 0.717) is 24.2 Å². The molecule has 2 N–H and O–H groups in total. The summed E-state index contributed by atoms with van der Waals surface area (Å²) in [6.07, 6.45) is 11.6.